The second-order valence-electron chi connectivity index (χ2n) is 5.80. The van der Waals surface area contributed by atoms with Gasteiger partial charge in [-0.05, 0) is 19.3 Å². The summed E-state index contributed by atoms with van der Waals surface area (Å²) >= 11 is 0. The molecular formula is C14H15NO4. The zero-order chi connectivity index (χ0) is 13.9. The van der Waals surface area contributed by atoms with E-state index in [-0.39, 0.29) is 17.8 Å². The number of rotatable bonds is 2. The number of carbonyl (C=O) groups excluding carboxylic acids is 2. The summed E-state index contributed by atoms with van der Waals surface area (Å²) in [5.41, 5.74) is -0.701. The first kappa shape index (κ1) is 12.2. The van der Waals surface area contributed by atoms with E-state index >= 15 is 0 Å². The van der Waals surface area contributed by atoms with Gasteiger partial charge in [0.25, 0.3) is 0 Å². The molecule has 1 heterocycles. The lowest BCUT2D eigenvalue weighted by Gasteiger charge is -2.32. The van der Waals surface area contributed by atoms with Crippen LogP contribution in [0.3, 0.4) is 0 Å². The average molecular weight is 261 g/mol. The summed E-state index contributed by atoms with van der Waals surface area (Å²) in [7, 11) is 0. The Balaban J connectivity index is 1.92. The number of ether oxygens (including phenoxy) is 2. The van der Waals surface area contributed by atoms with Crippen molar-refractivity contribution >= 4 is 11.9 Å². The molecule has 0 radical (unpaired) electrons. The summed E-state index contributed by atoms with van der Waals surface area (Å²) in [6.07, 6.45) is -0.187. The van der Waals surface area contributed by atoms with E-state index in [2.05, 4.69) is 12.6 Å². The summed E-state index contributed by atoms with van der Waals surface area (Å²) < 4.78 is 10.7. The molecule has 0 aromatic heterocycles. The Hall–Kier alpha value is -1.83. The molecule has 0 spiro atoms. The molecule has 0 N–H and O–H groups in total. The van der Waals surface area contributed by atoms with Crippen molar-refractivity contribution in [1.82, 2.24) is 0 Å². The Morgan fingerprint density at radius 2 is 2.32 bits per heavy atom. The van der Waals surface area contributed by atoms with Crippen LogP contribution in [-0.2, 0) is 19.1 Å². The molecule has 5 heteroatoms. The molecular weight excluding hydrogens is 246 g/mol. The molecule has 5 nitrogen and oxygen atoms in total. The third kappa shape index (κ3) is 1.24. The van der Waals surface area contributed by atoms with Crippen molar-refractivity contribution < 1.29 is 19.1 Å². The Kier molecular flexibility index (Phi) is 2.31. The minimum absolute atomic E-state index is 0.0180. The Bertz CT molecular complexity index is 534. The van der Waals surface area contributed by atoms with Gasteiger partial charge in [0.2, 0.25) is 0 Å². The normalized spacial score (nSPS) is 45.7. The monoisotopic (exact) mass is 261 g/mol. The second kappa shape index (κ2) is 3.60. The molecule has 6 unspecified atom stereocenters. The van der Waals surface area contributed by atoms with Gasteiger partial charge in [0.15, 0.2) is 5.41 Å². The number of nitriles is 1. The highest BCUT2D eigenvalue weighted by Crippen LogP contribution is 2.65. The van der Waals surface area contributed by atoms with E-state index in [0.717, 1.165) is 0 Å². The number of hydrogen-bond donors (Lipinski definition) is 0. The van der Waals surface area contributed by atoms with Gasteiger partial charge in [0, 0.05) is 17.4 Å². The van der Waals surface area contributed by atoms with Crippen molar-refractivity contribution in [3.8, 4) is 6.07 Å². The first-order chi connectivity index (χ1) is 8.93. The Morgan fingerprint density at radius 1 is 1.63 bits per heavy atom. The number of nitrogens with zero attached hydrogens (tertiary/aromatic N) is 1. The molecule has 0 aromatic carbocycles. The molecule has 1 aliphatic heterocycles. The van der Waals surface area contributed by atoms with Gasteiger partial charge in [-0.25, -0.2) is 4.79 Å². The number of carbonyl (C=O) groups is 2. The second-order valence-corrected chi connectivity index (χ2v) is 5.80. The van der Waals surface area contributed by atoms with Gasteiger partial charge < -0.3 is 9.47 Å². The van der Waals surface area contributed by atoms with E-state index in [1.807, 2.05) is 6.92 Å². The minimum Gasteiger partial charge on any atom is -0.457 e. The van der Waals surface area contributed by atoms with Crippen LogP contribution in [0.4, 0.5) is 0 Å². The molecule has 2 aliphatic carbocycles. The van der Waals surface area contributed by atoms with Crippen LogP contribution in [0.2, 0.25) is 0 Å². The molecule has 19 heavy (non-hydrogen) atoms. The van der Waals surface area contributed by atoms with Crippen molar-refractivity contribution in [2.24, 2.45) is 23.2 Å². The van der Waals surface area contributed by atoms with Crippen LogP contribution in [0, 0.1) is 34.5 Å². The SMILES string of the molecule is C=C(C)C(=O)OC1C2CC3C1OC(=O)C3(C#N)C2C. The van der Waals surface area contributed by atoms with Gasteiger partial charge in [0.1, 0.15) is 12.2 Å². The average Bonchev–Trinajstić information content (AvgIpc) is 2.91. The van der Waals surface area contributed by atoms with Crippen molar-refractivity contribution in [3.63, 3.8) is 0 Å². The molecule has 1 saturated heterocycles. The van der Waals surface area contributed by atoms with Gasteiger partial charge in [0.05, 0.1) is 6.07 Å². The molecule has 2 saturated carbocycles. The number of esters is 2. The molecule has 100 valence electrons. The van der Waals surface area contributed by atoms with Crippen LogP contribution in [0.15, 0.2) is 12.2 Å². The Morgan fingerprint density at radius 3 is 2.89 bits per heavy atom. The molecule has 3 rings (SSSR count). The lowest BCUT2D eigenvalue weighted by molar-refractivity contribution is -0.158. The summed E-state index contributed by atoms with van der Waals surface area (Å²) in [6, 6.07) is 2.16. The first-order valence-electron chi connectivity index (χ1n) is 6.42. The van der Waals surface area contributed by atoms with Gasteiger partial charge in [-0.1, -0.05) is 13.5 Å². The predicted molar refractivity (Wildman–Crippen MR) is 63.4 cm³/mol. The molecule has 2 bridgehead atoms. The molecule has 6 atom stereocenters. The van der Waals surface area contributed by atoms with Gasteiger partial charge >= 0.3 is 11.9 Å². The van der Waals surface area contributed by atoms with Crippen molar-refractivity contribution in [3.05, 3.63) is 12.2 Å². The van der Waals surface area contributed by atoms with Gasteiger partial charge in [-0.15, -0.1) is 0 Å². The molecule has 3 fully saturated rings. The fraction of sp³-hybridized carbons (Fsp3) is 0.643. The van der Waals surface area contributed by atoms with Crippen molar-refractivity contribution in [1.29, 1.82) is 5.26 Å². The van der Waals surface area contributed by atoms with E-state index in [1.54, 1.807) is 6.92 Å². The molecule has 3 aliphatic rings. The van der Waals surface area contributed by atoms with E-state index < -0.39 is 29.6 Å². The first-order valence-corrected chi connectivity index (χ1v) is 6.42. The van der Waals surface area contributed by atoms with Crippen LogP contribution in [0.5, 0.6) is 0 Å². The van der Waals surface area contributed by atoms with Gasteiger partial charge in [-0.2, -0.15) is 5.26 Å². The standard InChI is InChI=1S/C14H15NO4/c1-6(2)12(16)18-10-8-4-9-11(10)19-13(17)14(9,5-15)7(8)3/h7-11H,1,4H2,2-3H3. The maximum atomic E-state index is 12.0. The maximum Gasteiger partial charge on any atom is 0.333 e. The zero-order valence-corrected chi connectivity index (χ0v) is 10.9. The largest absolute Gasteiger partial charge is 0.457 e. The van der Waals surface area contributed by atoms with Crippen LogP contribution >= 0.6 is 0 Å². The van der Waals surface area contributed by atoms with E-state index in [1.165, 1.54) is 0 Å². The smallest absolute Gasteiger partial charge is 0.333 e. The number of fused-ring (bicyclic) bond motifs is 1. The quantitative estimate of drug-likeness (QED) is 0.551. The van der Waals surface area contributed by atoms with Crippen LogP contribution < -0.4 is 0 Å². The predicted octanol–water partition coefficient (Wildman–Crippen LogP) is 1.20. The Labute approximate surface area is 111 Å². The number of hydrogen-bond acceptors (Lipinski definition) is 5. The van der Waals surface area contributed by atoms with Gasteiger partial charge in [-0.3, -0.25) is 4.79 Å². The molecule has 0 amide bonds. The fourth-order valence-electron chi connectivity index (χ4n) is 3.96. The van der Waals surface area contributed by atoms with Crippen LogP contribution in [0.1, 0.15) is 20.3 Å². The maximum absolute atomic E-state index is 12.0. The van der Waals surface area contributed by atoms with E-state index in [4.69, 9.17) is 9.47 Å². The van der Waals surface area contributed by atoms with Crippen molar-refractivity contribution in [2.45, 2.75) is 32.5 Å². The summed E-state index contributed by atoms with van der Waals surface area (Å²) in [5, 5.41) is 9.39. The summed E-state index contributed by atoms with van der Waals surface area (Å²) in [6.45, 7) is 7.01. The third-order valence-corrected chi connectivity index (χ3v) is 4.97. The highest BCUT2D eigenvalue weighted by atomic mass is 16.6. The molecule has 0 aromatic rings. The van der Waals surface area contributed by atoms with E-state index in [0.29, 0.717) is 12.0 Å². The minimum atomic E-state index is -1.03. The lowest BCUT2D eigenvalue weighted by atomic mass is 9.68. The van der Waals surface area contributed by atoms with E-state index in [9.17, 15) is 14.9 Å². The lowest BCUT2D eigenvalue weighted by Crippen LogP contribution is -2.45. The summed E-state index contributed by atoms with van der Waals surface area (Å²) in [4.78, 5) is 23.7. The van der Waals surface area contributed by atoms with Crippen LogP contribution in [0.25, 0.3) is 0 Å². The van der Waals surface area contributed by atoms with Crippen LogP contribution in [-0.4, -0.2) is 24.1 Å². The summed E-state index contributed by atoms with van der Waals surface area (Å²) in [5.74, 6) is -1.18. The van der Waals surface area contributed by atoms with Crippen molar-refractivity contribution in [2.75, 3.05) is 0 Å². The topological polar surface area (TPSA) is 76.4 Å². The highest BCUT2D eigenvalue weighted by molar-refractivity contribution is 5.88. The zero-order valence-electron chi connectivity index (χ0n) is 10.9. The third-order valence-electron chi connectivity index (χ3n) is 4.97. The highest BCUT2D eigenvalue weighted by Gasteiger charge is 2.75. The fourth-order valence-corrected chi connectivity index (χ4v) is 3.96.